The van der Waals surface area contributed by atoms with Crippen LogP contribution in [0, 0.1) is 5.92 Å². The lowest BCUT2D eigenvalue weighted by atomic mass is 9.74. The van der Waals surface area contributed by atoms with E-state index < -0.39 is 17.4 Å². The van der Waals surface area contributed by atoms with Crippen LogP contribution in [0.4, 0.5) is 0 Å². The summed E-state index contributed by atoms with van der Waals surface area (Å²) in [5.74, 6) is -0.459. The molecule has 5 nitrogen and oxygen atoms in total. The van der Waals surface area contributed by atoms with Gasteiger partial charge in [0.25, 0.3) is 0 Å². The zero-order chi connectivity index (χ0) is 16.9. The van der Waals surface area contributed by atoms with Crippen LogP contribution < -0.4 is 10.1 Å². The van der Waals surface area contributed by atoms with E-state index in [1.807, 2.05) is 31.2 Å². The highest BCUT2D eigenvalue weighted by molar-refractivity contribution is 8.00. The monoisotopic (exact) mass is 337 g/mol. The van der Waals surface area contributed by atoms with E-state index in [1.54, 1.807) is 7.11 Å². The first-order valence-corrected chi connectivity index (χ1v) is 8.74. The normalized spacial score (nSPS) is 24.0. The fourth-order valence-corrected chi connectivity index (χ4v) is 3.82. The first kappa shape index (κ1) is 17.7. The van der Waals surface area contributed by atoms with E-state index in [0.717, 1.165) is 23.5 Å². The number of hydrogen-bond acceptors (Lipinski definition) is 4. The van der Waals surface area contributed by atoms with E-state index in [-0.39, 0.29) is 11.7 Å². The van der Waals surface area contributed by atoms with Crippen LogP contribution in [0.15, 0.2) is 29.2 Å². The number of methoxy groups -OCH3 is 1. The number of ether oxygens (including phenoxy) is 1. The average molecular weight is 337 g/mol. The van der Waals surface area contributed by atoms with Gasteiger partial charge in [0.2, 0.25) is 5.91 Å². The number of benzene rings is 1. The second kappa shape index (κ2) is 7.73. The van der Waals surface area contributed by atoms with E-state index in [9.17, 15) is 14.7 Å². The average Bonchev–Trinajstić information content (AvgIpc) is 2.53. The fourth-order valence-electron chi connectivity index (χ4n) is 3.07. The van der Waals surface area contributed by atoms with Gasteiger partial charge in [0, 0.05) is 4.90 Å². The molecule has 126 valence electrons. The van der Waals surface area contributed by atoms with Crippen molar-refractivity contribution in [3.63, 3.8) is 0 Å². The highest BCUT2D eigenvalue weighted by Crippen LogP contribution is 2.34. The van der Waals surface area contributed by atoms with Gasteiger partial charge < -0.3 is 15.2 Å². The lowest BCUT2D eigenvalue weighted by Crippen LogP contribution is -2.55. The first-order valence-electron chi connectivity index (χ1n) is 7.75. The predicted octanol–water partition coefficient (Wildman–Crippen LogP) is 2.94. The molecule has 2 N–H and O–H groups in total. The second-order valence-corrected chi connectivity index (χ2v) is 7.12. The highest BCUT2D eigenvalue weighted by atomic mass is 32.2. The molecule has 1 amide bonds. The van der Waals surface area contributed by atoms with Gasteiger partial charge in [-0.25, -0.2) is 0 Å². The quantitative estimate of drug-likeness (QED) is 0.781. The minimum Gasteiger partial charge on any atom is -0.497 e. The Kier molecular flexibility index (Phi) is 5.93. The molecule has 1 aromatic rings. The van der Waals surface area contributed by atoms with Crippen molar-refractivity contribution in [2.45, 2.75) is 43.0 Å². The molecule has 2 atom stereocenters. The number of carboxylic acids is 1. The van der Waals surface area contributed by atoms with Gasteiger partial charge >= 0.3 is 5.97 Å². The largest absolute Gasteiger partial charge is 0.497 e. The third-order valence-corrected chi connectivity index (χ3v) is 5.34. The zero-order valence-electron chi connectivity index (χ0n) is 13.5. The minimum atomic E-state index is -0.826. The van der Waals surface area contributed by atoms with Crippen LogP contribution in [-0.4, -0.2) is 35.4 Å². The number of carbonyl (C=O) groups is 2. The number of hydrogen-bond donors (Lipinski definition) is 2. The van der Waals surface area contributed by atoms with Crippen LogP contribution in [0.2, 0.25) is 0 Å². The van der Waals surface area contributed by atoms with Crippen molar-refractivity contribution in [3.8, 4) is 5.75 Å². The molecule has 23 heavy (non-hydrogen) atoms. The smallest absolute Gasteiger partial charge is 0.308 e. The van der Waals surface area contributed by atoms with Crippen LogP contribution >= 0.6 is 11.8 Å². The van der Waals surface area contributed by atoms with Crippen LogP contribution in [-0.2, 0) is 9.59 Å². The lowest BCUT2D eigenvalue weighted by molar-refractivity contribution is -0.146. The first-order chi connectivity index (χ1) is 10.9. The molecule has 6 heteroatoms. The van der Waals surface area contributed by atoms with Gasteiger partial charge in [-0.15, -0.1) is 11.8 Å². The number of thioether (sulfide) groups is 1. The van der Waals surface area contributed by atoms with Gasteiger partial charge in [-0.05, 0) is 38.0 Å². The van der Waals surface area contributed by atoms with Crippen molar-refractivity contribution in [1.29, 1.82) is 0 Å². The Morgan fingerprint density at radius 1 is 1.43 bits per heavy atom. The number of carboxylic acid groups (broad SMARTS) is 1. The summed E-state index contributed by atoms with van der Waals surface area (Å²) in [6, 6.07) is 7.52. The maximum absolute atomic E-state index is 12.3. The zero-order valence-corrected chi connectivity index (χ0v) is 14.3. The molecule has 1 saturated carbocycles. The van der Waals surface area contributed by atoms with Crippen molar-refractivity contribution in [1.82, 2.24) is 5.32 Å². The molecular weight excluding hydrogens is 314 g/mol. The Labute approximate surface area is 140 Å². The van der Waals surface area contributed by atoms with E-state index in [1.165, 1.54) is 11.8 Å². The number of carbonyl (C=O) groups excluding carboxylic acids is 1. The third-order valence-electron chi connectivity index (χ3n) is 4.34. The molecule has 2 rings (SSSR count). The maximum atomic E-state index is 12.3. The summed E-state index contributed by atoms with van der Waals surface area (Å²) in [7, 11) is 1.60. The molecule has 0 aliphatic heterocycles. The van der Waals surface area contributed by atoms with E-state index in [4.69, 9.17) is 4.74 Å². The highest BCUT2D eigenvalue weighted by Gasteiger charge is 2.42. The molecule has 1 aliphatic carbocycles. The molecule has 0 radical (unpaired) electrons. The molecule has 1 aromatic carbocycles. The lowest BCUT2D eigenvalue weighted by Gasteiger charge is -2.39. The molecule has 2 unspecified atom stereocenters. The van der Waals surface area contributed by atoms with E-state index in [0.29, 0.717) is 12.8 Å². The summed E-state index contributed by atoms with van der Waals surface area (Å²) >= 11 is 1.42. The molecule has 0 bridgehead atoms. The summed E-state index contributed by atoms with van der Waals surface area (Å²) < 4.78 is 5.16. The topological polar surface area (TPSA) is 75.6 Å². The summed E-state index contributed by atoms with van der Waals surface area (Å²) in [6.45, 7) is 1.85. The molecule has 0 spiro atoms. The number of nitrogens with one attached hydrogen (secondary N) is 1. The van der Waals surface area contributed by atoms with Gasteiger partial charge in [0.15, 0.2) is 0 Å². The van der Waals surface area contributed by atoms with Crippen LogP contribution in [0.25, 0.3) is 0 Å². The van der Waals surface area contributed by atoms with Crippen molar-refractivity contribution < 1.29 is 19.4 Å². The summed E-state index contributed by atoms with van der Waals surface area (Å²) in [5, 5.41) is 12.3. The van der Waals surface area contributed by atoms with Gasteiger partial charge in [0.05, 0.1) is 24.3 Å². The fraction of sp³-hybridized carbons (Fsp3) is 0.529. The van der Waals surface area contributed by atoms with Crippen LogP contribution in [0.1, 0.15) is 32.6 Å². The Morgan fingerprint density at radius 2 is 2.22 bits per heavy atom. The predicted molar refractivity (Wildman–Crippen MR) is 89.9 cm³/mol. The number of rotatable bonds is 6. The maximum Gasteiger partial charge on any atom is 0.308 e. The SMILES string of the molecule is COc1cccc(SCC(=O)NC2(C)CCCCC2C(=O)O)c1. The molecule has 0 aromatic heterocycles. The van der Waals surface area contributed by atoms with Gasteiger partial charge in [-0.1, -0.05) is 18.9 Å². The molecule has 1 aliphatic rings. The standard InChI is InChI=1S/C17H23NO4S/c1-17(9-4-3-8-14(17)16(20)21)18-15(19)11-23-13-7-5-6-12(10-13)22-2/h5-7,10,14H,3-4,8-9,11H2,1-2H3,(H,18,19)(H,20,21). The summed E-state index contributed by atoms with van der Waals surface area (Å²) in [6.07, 6.45) is 3.18. The Balaban J connectivity index is 1.93. The van der Waals surface area contributed by atoms with E-state index in [2.05, 4.69) is 5.32 Å². The number of amides is 1. The third kappa shape index (κ3) is 4.64. The van der Waals surface area contributed by atoms with Crippen molar-refractivity contribution in [3.05, 3.63) is 24.3 Å². The molecule has 1 fully saturated rings. The Morgan fingerprint density at radius 3 is 2.91 bits per heavy atom. The number of aliphatic carboxylic acids is 1. The molecule has 0 saturated heterocycles. The summed E-state index contributed by atoms with van der Waals surface area (Å²) in [4.78, 5) is 24.6. The Hall–Kier alpha value is -1.69. The van der Waals surface area contributed by atoms with Crippen molar-refractivity contribution in [2.24, 2.45) is 5.92 Å². The Bertz CT molecular complexity index is 577. The van der Waals surface area contributed by atoms with Crippen LogP contribution in [0.3, 0.4) is 0 Å². The van der Waals surface area contributed by atoms with Gasteiger partial charge in [-0.2, -0.15) is 0 Å². The van der Waals surface area contributed by atoms with Crippen LogP contribution in [0.5, 0.6) is 5.75 Å². The van der Waals surface area contributed by atoms with Gasteiger partial charge in [-0.3, -0.25) is 9.59 Å². The minimum absolute atomic E-state index is 0.131. The van der Waals surface area contributed by atoms with E-state index >= 15 is 0 Å². The molecule has 0 heterocycles. The second-order valence-electron chi connectivity index (χ2n) is 6.07. The van der Waals surface area contributed by atoms with Gasteiger partial charge in [0.1, 0.15) is 5.75 Å². The van der Waals surface area contributed by atoms with Crippen molar-refractivity contribution >= 4 is 23.6 Å². The van der Waals surface area contributed by atoms with Crippen molar-refractivity contribution in [2.75, 3.05) is 12.9 Å². The molecular formula is C17H23NO4S. The summed E-state index contributed by atoms with van der Waals surface area (Å²) in [5.41, 5.74) is -0.657.